The smallest absolute Gasteiger partial charge is 0.251 e. The molecule has 3 amide bonds. The number of nitrogens with two attached hydrogens (primary N) is 1. The summed E-state index contributed by atoms with van der Waals surface area (Å²) in [6, 6.07) is 13.2. The van der Waals surface area contributed by atoms with Gasteiger partial charge in [-0.1, -0.05) is 30.3 Å². The van der Waals surface area contributed by atoms with Crippen molar-refractivity contribution in [3.05, 3.63) is 81.0 Å². The zero-order chi connectivity index (χ0) is 28.6. The van der Waals surface area contributed by atoms with Crippen LogP contribution in [-0.4, -0.2) is 59.9 Å². The molecule has 0 bridgehead atoms. The zero-order valence-electron chi connectivity index (χ0n) is 21.8. The van der Waals surface area contributed by atoms with Crippen LogP contribution in [0.4, 0.5) is 8.78 Å². The minimum Gasteiger partial charge on any atom is -0.384 e. The lowest BCUT2D eigenvalue weighted by molar-refractivity contribution is -0.138. The number of amidine groups is 1. The number of likely N-dealkylation sites (tertiary alicyclic amines) is 1. The number of amides is 3. The number of rotatable bonds is 8. The Labute approximate surface area is 234 Å². The average molecular weight is 566 g/mol. The van der Waals surface area contributed by atoms with Gasteiger partial charge >= 0.3 is 0 Å². The minimum absolute atomic E-state index is 0.106. The predicted molar refractivity (Wildman–Crippen MR) is 149 cm³/mol. The summed E-state index contributed by atoms with van der Waals surface area (Å²) >= 11 is 1.30. The molecule has 2 heterocycles. The van der Waals surface area contributed by atoms with Gasteiger partial charge in [0, 0.05) is 27.8 Å². The molecule has 3 aromatic rings. The maximum Gasteiger partial charge on any atom is 0.251 e. The number of carbonyl (C=O) groups is 3. The first-order valence-corrected chi connectivity index (χ1v) is 13.7. The van der Waals surface area contributed by atoms with E-state index in [1.165, 1.54) is 16.9 Å². The second kappa shape index (κ2) is 10.8. The van der Waals surface area contributed by atoms with Crippen LogP contribution in [0, 0.1) is 5.41 Å². The van der Waals surface area contributed by atoms with Crippen molar-refractivity contribution >= 4 is 34.9 Å². The van der Waals surface area contributed by atoms with Crippen molar-refractivity contribution in [3.8, 4) is 11.1 Å². The van der Waals surface area contributed by atoms with Crippen LogP contribution in [-0.2, 0) is 16.0 Å². The lowest BCUT2D eigenvalue weighted by Crippen LogP contribution is -2.49. The Balaban J connectivity index is 1.25. The number of fused-ring (bicyclic) bond motifs is 3. The highest BCUT2D eigenvalue weighted by Gasteiger charge is 2.49. The highest BCUT2D eigenvalue weighted by Crippen LogP contribution is 2.37. The van der Waals surface area contributed by atoms with E-state index < -0.39 is 61.7 Å². The molecule has 2 aromatic carbocycles. The molecule has 1 aliphatic carbocycles. The average Bonchev–Trinajstić information content (AvgIpc) is 3.67. The fourth-order valence-corrected chi connectivity index (χ4v) is 6.17. The molecule has 1 aromatic heterocycles. The summed E-state index contributed by atoms with van der Waals surface area (Å²) in [6.07, 6.45) is 0.294. The third-order valence-corrected chi connectivity index (χ3v) is 8.54. The molecule has 3 atom stereocenters. The summed E-state index contributed by atoms with van der Waals surface area (Å²) in [6.45, 7) is -0.692. The first-order valence-electron chi connectivity index (χ1n) is 12.9. The zero-order valence-corrected chi connectivity index (χ0v) is 22.6. The van der Waals surface area contributed by atoms with Gasteiger partial charge in [-0.3, -0.25) is 19.8 Å². The van der Waals surface area contributed by atoms with Crippen LogP contribution in [0.1, 0.15) is 51.3 Å². The van der Waals surface area contributed by atoms with E-state index >= 15 is 4.39 Å². The van der Waals surface area contributed by atoms with Crippen molar-refractivity contribution in [1.29, 1.82) is 5.41 Å². The first-order chi connectivity index (χ1) is 19.1. The number of halogens is 2. The Morgan fingerprint density at radius 2 is 1.90 bits per heavy atom. The van der Waals surface area contributed by atoms with Gasteiger partial charge in [-0.15, -0.1) is 11.3 Å². The Morgan fingerprint density at radius 1 is 1.15 bits per heavy atom. The maximum absolute atomic E-state index is 15.1. The number of benzene rings is 2. The number of nitrogen functional groups attached to an aromatic ring is 1. The number of nitrogens with zero attached hydrogens (tertiary/aromatic N) is 1. The molecule has 5 N–H and O–H groups in total. The molecular formula is C29H29F2N5O3S. The van der Waals surface area contributed by atoms with E-state index in [1.54, 1.807) is 30.5 Å². The second-order valence-corrected chi connectivity index (χ2v) is 11.2. The molecule has 5 rings (SSSR count). The van der Waals surface area contributed by atoms with Crippen LogP contribution in [0.5, 0.6) is 0 Å². The molecule has 0 radical (unpaired) electrons. The summed E-state index contributed by atoms with van der Waals surface area (Å²) in [7, 11) is 0. The Morgan fingerprint density at radius 3 is 2.62 bits per heavy atom. The fourth-order valence-electron chi connectivity index (χ4n) is 5.26. The topological polar surface area (TPSA) is 128 Å². The fraction of sp³-hybridized carbons (Fsp3) is 0.310. The highest BCUT2D eigenvalue weighted by molar-refractivity contribution is 7.10. The van der Waals surface area contributed by atoms with Gasteiger partial charge in [-0.25, -0.2) is 8.78 Å². The van der Waals surface area contributed by atoms with Crippen LogP contribution >= 0.6 is 11.3 Å². The van der Waals surface area contributed by atoms with Gasteiger partial charge in [-0.2, -0.15) is 0 Å². The molecule has 208 valence electrons. The molecule has 1 fully saturated rings. The Bertz CT molecular complexity index is 1510. The van der Waals surface area contributed by atoms with Crippen molar-refractivity contribution < 1.29 is 23.2 Å². The molecule has 2 aliphatic rings. The van der Waals surface area contributed by atoms with Crippen molar-refractivity contribution in [3.63, 3.8) is 0 Å². The molecule has 1 aliphatic heterocycles. The number of thiophene rings is 1. The van der Waals surface area contributed by atoms with E-state index in [1.807, 2.05) is 30.3 Å². The minimum atomic E-state index is -2.36. The molecule has 0 saturated carbocycles. The van der Waals surface area contributed by atoms with E-state index in [0.29, 0.717) is 11.1 Å². The van der Waals surface area contributed by atoms with Gasteiger partial charge in [0.2, 0.25) is 11.8 Å². The van der Waals surface area contributed by atoms with Gasteiger partial charge in [0.25, 0.3) is 5.91 Å². The normalized spacial score (nSPS) is 20.0. The molecule has 40 heavy (non-hydrogen) atoms. The van der Waals surface area contributed by atoms with E-state index in [4.69, 9.17) is 11.1 Å². The van der Waals surface area contributed by atoms with Crippen LogP contribution in [0.2, 0.25) is 0 Å². The third-order valence-electron chi connectivity index (χ3n) is 7.43. The number of hydrogen-bond donors (Lipinski definition) is 4. The lowest BCUT2D eigenvalue weighted by Gasteiger charge is -2.25. The molecule has 11 heteroatoms. The summed E-state index contributed by atoms with van der Waals surface area (Å²) in [5.41, 5.74) is 8.35. The summed E-state index contributed by atoms with van der Waals surface area (Å²) < 4.78 is 28.6. The van der Waals surface area contributed by atoms with Gasteiger partial charge in [-0.05, 0) is 53.8 Å². The molecule has 0 spiro atoms. The summed E-state index contributed by atoms with van der Waals surface area (Å²) in [4.78, 5) is 40.8. The van der Waals surface area contributed by atoms with Gasteiger partial charge in [0.1, 0.15) is 18.6 Å². The highest BCUT2D eigenvalue weighted by atomic mass is 32.1. The SMILES string of the molecule is CC(NC(=O)[C@@H]1C[C@](F)(CF)CN1C(=O)CNC(=O)c1ccc2c(c1)-c1ccccc1C2)c1cc(C(=N)N)cs1. The summed E-state index contributed by atoms with van der Waals surface area (Å²) in [5.74, 6) is -1.90. The quantitative estimate of drug-likeness (QED) is 0.193. The van der Waals surface area contributed by atoms with E-state index in [-0.39, 0.29) is 5.84 Å². The molecule has 8 nitrogen and oxygen atoms in total. The van der Waals surface area contributed by atoms with Gasteiger partial charge in [0.15, 0.2) is 5.67 Å². The van der Waals surface area contributed by atoms with E-state index in [2.05, 4.69) is 10.6 Å². The van der Waals surface area contributed by atoms with Crippen LogP contribution in [0.25, 0.3) is 11.1 Å². The number of nitrogens with one attached hydrogen (secondary N) is 3. The maximum atomic E-state index is 15.1. The second-order valence-electron chi connectivity index (χ2n) is 10.3. The monoisotopic (exact) mass is 565 g/mol. The van der Waals surface area contributed by atoms with Crippen molar-refractivity contribution in [1.82, 2.24) is 15.5 Å². The largest absolute Gasteiger partial charge is 0.384 e. The standard InChI is InChI=1S/C29H29F2N5O3S/c1-16(24-10-20(13-40-24)26(32)33)35-28(39)23-11-29(31,14-30)15-36(23)25(37)12-34-27(38)19-7-6-18-8-17-4-2-3-5-21(17)22(18)9-19/h2-7,9-10,13,16,23H,8,11-12,14-15H2,1H3,(H3,32,33)(H,34,38)(H,35,39)/t16?,23-,29-/m0/s1. The summed E-state index contributed by atoms with van der Waals surface area (Å²) in [5, 5.41) is 14.5. The van der Waals surface area contributed by atoms with Crippen molar-refractivity contribution in [2.24, 2.45) is 5.73 Å². The van der Waals surface area contributed by atoms with Crippen LogP contribution in [0.15, 0.2) is 53.9 Å². The molecule has 1 unspecified atom stereocenters. The van der Waals surface area contributed by atoms with Gasteiger partial charge in [0.05, 0.1) is 19.1 Å². The Kier molecular flexibility index (Phi) is 7.41. The van der Waals surface area contributed by atoms with Crippen molar-refractivity contribution in [2.45, 2.75) is 37.5 Å². The lowest BCUT2D eigenvalue weighted by atomic mass is 10.0. The predicted octanol–water partition coefficient (Wildman–Crippen LogP) is 3.49. The number of alkyl halides is 2. The third kappa shape index (κ3) is 5.33. The van der Waals surface area contributed by atoms with Crippen LogP contribution < -0.4 is 16.4 Å². The van der Waals surface area contributed by atoms with Crippen LogP contribution in [0.3, 0.4) is 0 Å². The van der Waals surface area contributed by atoms with E-state index in [9.17, 15) is 18.8 Å². The first kappa shape index (κ1) is 27.4. The van der Waals surface area contributed by atoms with Gasteiger partial charge < -0.3 is 21.3 Å². The van der Waals surface area contributed by atoms with E-state index in [0.717, 1.165) is 32.9 Å². The number of carbonyl (C=O) groups excluding carboxylic acids is 3. The van der Waals surface area contributed by atoms with Crippen molar-refractivity contribution in [2.75, 3.05) is 19.8 Å². The number of hydrogen-bond acceptors (Lipinski definition) is 5. The molecular weight excluding hydrogens is 536 g/mol. The molecule has 1 saturated heterocycles. The Hall–Kier alpha value is -4.12.